The Labute approximate surface area is 77.8 Å². The number of nitrogens with zero attached hydrogens (tertiary/aromatic N) is 3. The lowest BCUT2D eigenvalue weighted by atomic mass is 10.1. The largest absolute Gasteiger partial charge is 0.368 e. The molecule has 2 N–H and O–H groups in total. The van der Waals surface area contributed by atoms with E-state index in [0.717, 1.165) is 24.5 Å². The number of aryl methyl sites for hydroxylation is 2. The van der Waals surface area contributed by atoms with Crippen LogP contribution in [0.1, 0.15) is 17.8 Å². The number of nitrogens with two attached hydrogens (primary N) is 1. The molecule has 1 aliphatic rings. The lowest BCUT2D eigenvalue weighted by Crippen LogP contribution is -2.38. The van der Waals surface area contributed by atoms with Gasteiger partial charge in [-0.2, -0.15) is 0 Å². The van der Waals surface area contributed by atoms with Gasteiger partial charge in [0.2, 0.25) is 5.95 Å². The van der Waals surface area contributed by atoms with Gasteiger partial charge < -0.3 is 10.6 Å². The van der Waals surface area contributed by atoms with Crippen LogP contribution in [0.25, 0.3) is 0 Å². The van der Waals surface area contributed by atoms with Gasteiger partial charge in [-0.1, -0.05) is 0 Å². The minimum absolute atomic E-state index is 0.374. The maximum atomic E-state index is 5.55. The summed E-state index contributed by atoms with van der Waals surface area (Å²) in [6.07, 6.45) is 1.27. The van der Waals surface area contributed by atoms with Crippen molar-refractivity contribution in [2.45, 2.75) is 20.3 Å². The van der Waals surface area contributed by atoms with Gasteiger partial charge in [-0.05, 0) is 20.3 Å². The van der Waals surface area contributed by atoms with E-state index in [9.17, 15) is 0 Å². The molecule has 1 fully saturated rings. The minimum Gasteiger partial charge on any atom is -0.368 e. The van der Waals surface area contributed by atoms with Crippen molar-refractivity contribution in [1.29, 1.82) is 0 Å². The van der Waals surface area contributed by atoms with Gasteiger partial charge in [0.25, 0.3) is 0 Å². The number of hydrogen-bond acceptors (Lipinski definition) is 4. The van der Waals surface area contributed by atoms with Crippen molar-refractivity contribution in [3.63, 3.8) is 0 Å². The molecule has 1 saturated heterocycles. The molecule has 0 radical (unpaired) electrons. The average Bonchev–Trinajstić information content (AvgIpc) is 1.92. The van der Waals surface area contributed by atoms with E-state index >= 15 is 0 Å². The van der Waals surface area contributed by atoms with E-state index < -0.39 is 0 Å². The third-order valence-electron chi connectivity index (χ3n) is 2.42. The van der Waals surface area contributed by atoms with Gasteiger partial charge in [0.15, 0.2) is 0 Å². The van der Waals surface area contributed by atoms with Gasteiger partial charge in [-0.15, -0.1) is 0 Å². The van der Waals surface area contributed by atoms with Crippen molar-refractivity contribution in [1.82, 2.24) is 9.97 Å². The zero-order chi connectivity index (χ0) is 9.42. The molecule has 0 amide bonds. The third-order valence-corrected chi connectivity index (χ3v) is 2.42. The first-order chi connectivity index (χ1) is 6.18. The molecule has 70 valence electrons. The predicted octanol–water partition coefficient (Wildman–Crippen LogP) is 0.886. The Kier molecular flexibility index (Phi) is 1.83. The first-order valence-corrected chi connectivity index (χ1v) is 4.54. The lowest BCUT2D eigenvalue weighted by molar-refractivity contribution is 0.611. The van der Waals surface area contributed by atoms with E-state index in [1.54, 1.807) is 0 Å². The molecule has 0 saturated carbocycles. The van der Waals surface area contributed by atoms with Crippen LogP contribution < -0.4 is 10.6 Å². The molecule has 0 aliphatic carbocycles. The predicted molar refractivity (Wildman–Crippen MR) is 52.7 cm³/mol. The molecule has 4 heteroatoms. The normalized spacial score (nSPS) is 15.7. The van der Waals surface area contributed by atoms with Crippen LogP contribution in [0.5, 0.6) is 0 Å². The Hall–Kier alpha value is -1.32. The van der Waals surface area contributed by atoms with Crippen LogP contribution in [0, 0.1) is 13.8 Å². The van der Waals surface area contributed by atoms with Crippen molar-refractivity contribution < 1.29 is 0 Å². The third kappa shape index (κ3) is 1.32. The summed E-state index contributed by atoms with van der Waals surface area (Å²) < 4.78 is 0. The molecule has 1 aliphatic heterocycles. The fraction of sp³-hybridized carbons (Fsp3) is 0.556. The first-order valence-electron chi connectivity index (χ1n) is 4.54. The van der Waals surface area contributed by atoms with Crippen LogP contribution in [0.3, 0.4) is 0 Å². The molecule has 1 aromatic heterocycles. The van der Waals surface area contributed by atoms with Crippen LogP contribution in [0.4, 0.5) is 11.6 Å². The molecule has 13 heavy (non-hydrogen) atoms. The number of nitrogen functional groups attached to an aromatic ring is 1. The lowest BCUT2D eigenvalue weighted by Gasteiger charge is -2.34. The molecule has 0 aromatic carbocycles. The Bertz CT molecular complexity index is 307. The van der Waals surface area contributed by atoms with E-state index in [-0.39, 0.29) is 0 Å². The van der Waals surface area contributed by atoms with E-state index in [1.165, 1.54) is 12.1 Å². The second-order valence-electron chi connectivity index (χ2n) is 3.44. The Morgan fingerprint density at radius 3 is 2.08 bits per heavy atom. The molecule has 4 nitrogen and oxygen atoms in total. The summed E-state index contributed by atoms with van der Waals surface area (Å²) in [5.41, 5.74) is 8.70. The summed E-state index contributed by atoms with van der Waals surface area (Å²) in [4.78, 5) is 10.6. The van der Waals surface area contributed by atoms with Gasteiger partial charge in [0, 0.05) is 13.1 Å². The fourth-order valence-electron chi connectivity index (χ4n) is 1.73. The highest BCUT2D eigenvalue weighted by molar-refractivity contribution is 5.56. The van der Waals surface area contributed by atoms with Gasteiger partial charge in [0.1, 0.15) is 0 Å². The Balaban J connectivity index is 2.43. The first kappa shape index (κ1) is 8.29. The Morgan fingerprint density at radius 2 is 1.69 bits per heavy atom. The summed E-state index contributed by atoms with van der Waals surface area (Å²) in [6.45, 7) is 6.21. The average molecular weight is 178 g/mol. The van der Waals surface area contributed by atoms with E-state index in [2.05, 4.69) is 14.9 Å². The van der Waals surface area contributed by atoms with Crippen molar-refractivity contribution in [2.75, 3.05) is 23.7 Å². The van der Waals surface area contributed by atoms with Gasteiger partial charge in [0.05, 0.1) is 17.1 Å². The standard InChI is InChI=1S/C9H14N4/c1-6-8(13-4-3-5-13)7(2)12-9(10)11-6/h3-5H2,1-2H3,(H2,10,11,12). The quantitative estimate of drug-likeness (QED) is 0.693. The van der Waals surface area contributed by atoms with Crippen molar-refractivity contribution >= 4 is 11.6 Å². The molecule has 1 aromatic rings. The number of anilines is 2. The van der Waals surface area contributed by atoms with Crippen LogP contribution in [-0.4, -0.2) is 23.1 Å². The molecule has 0 bridgehead atoms. The molecular weight excluding hydrogens is 164 g/mol. The van der Waals surface area contributed by atoms with E-state index in [0.29, 0.717) is 5.95 Å². The zero-order valence-corrected chi connectivity index (χ0v) is 8.04. The second-order valence-corrected chi connectivity index (χ2v) is 3.44. The summed E-state index contributed by atoms with van der Waals surface area (Å²) in [5, 5.41) is 0. The highest BCUT2D eigenvalue weighted by atomic mass is 15.2. The molecule has 0 spiro atoms. The Morgan fingerprint density at radius 1 is 1.15 bits per heavy atom. The van der Waals surface area contributed by atoms with Gasteiger partial charge in [-0.25, -0.2) is 9.97 Å². The monoisotopic (exact) mass is 178 g/mol. The summed E-state index contributed by atoms with van der Waals surface area (Å²) in [6, 6.07) is 0. The number of aromatic nitrogens is 2. The van der Waals surface area contributed by atoms with Crippen molar-refractivity contribution in [3.05, 3.63) is 11.4 Å². The van der Waals surface area contributed by atoms with E-state index in [4.69, 9.17) is 5.73 Å². The maximum Gasteiger partial charge on any atom is 0.220 e. The zero-order valence-electron chi connectivity index (χ0n) is 8.04. The molecule has 0 unspecified atom stereocenters. The van der Waals surface area contributed by atoms with Crippen LogP contribution in [0.2, 0.25) is 0 Å². The summed E-state index contributed by atoms with van der Waals surface area (Å²) >= 11 is 0. The SMILES string of the molecule is Cc1nc(N)nc(C)c1N1CCC1. The molecular formula is C9H14N4. The summed E-state index contributed by atoms with van der Waals surface area (Å²) in [5.74, 6) is 0.374. The van der Waals surface area contributed by atoms with Crippen molar-refractivity contribution in [2.24, 2.45) is 0 Å². The van der Waals surface area contributed by atoms with Crippen molar-refractivity contribution in [3.8, 4) is 0 Å². The highest BCUT2D eigenvalue weighted by Crippen LogP contribution is 2.26. The van der Waals surface area contributed by atoms with Crippen LogP contribution >= 0.6 is 0 Å². The number of rotatable bonds is 1. The highest BCUT2D eigenvalue weighted by Gasteiger charge is 2.19. The molecule has 2 heterocycles. The second kappa shape index (κ2) is 2.87. The molecule has 0 atom stereocenters. The number of hydrogen-bond donors (Lipinski definition) is 1. The van der Waals surface area contributed by atoms with Crippen LogP contribution in [-0.2, 0) is 0 Å². The maximum absolute atomic E-state index is 5.55. The van der Waals surface area contributed by atoms with Gasteiger partial charge >= 0.3 is 0 Å². The van der Waals surface area contributed by atoms with Gasteiger partial charge in [-0.3, -0.25) is 0 Å². The fourth-order valence-corrected chi connectivity index (χ4v) is 1.73. The van der Waals surface area contributed by atoms with E-state index in [1.807, 2.05) is 13.8 Å². The molecule has 2 rings (SSSR count). The minimum atomic E-state index is 0.374. The topological polar surface area (TPSA) is 55.0 Å². The smallest absolute Gasteiger partial charge is 0.220 e. The van der Waals surface area contributed by atoms with Crippen LogP contribution in [0.15, 0.2) is 0 Å². The summed E-state index contributed by atoms with van der Waals surface area (Å²) in [7, 11) is 0.